The lowest BCUT2D eigenvalue weighted by Crippen LogP contribution is -2.48. The average Bonchev–Trinajstić information content (AvgIpc) is 3.54. The van der Waals surface area contributed by atoms with Crippen LogP contribution in [0, 0.1) is 5.82 Å². The summed E-state index contributed by atoms with van der Waals surface area (Å²) in [6, 6.07) is 18.5. The number of aromatic nitrogens is 4. The fourth-order valence-electron chi connectivity index (χ4n) is 4.31. The minimum Gasteiger partial charge on any atom is -0.497 e. The Kier molecular flexibility index (Phi) is 7.44. The summed E-state index contributed by atoms with van der Waals surface area (Å²) in [5.41, 5.74) is 1.70. The molecule has 34 heavy (non-hydrogen) atoms. The third-order valence-corrected chi connectivity index (χ3v) is 5.99. The lowest BCUT2D eigenvalue weighted by molar-refractivity contribution is 0.200. The van der Waals surface area contributed by atoms with E-state index in [-0.39, 0.29) is 24.3 Å². The van der Waals surface area contributed by atoms with Gasteiger partial charge in [-0.1, -0.05) is 24.3 Å². The Hall–Kier alpha value is -3.43. The predicted octanol–water partition coefficient (Wildman–Crippen LogP) is 3.80. The number of para-hydroxylation sites is 1. The molecular formula is C24H26ClFN6O2. The molecule has 8 nitrogen and oxygen atoms in total. The van der Waals surface area contributed by atoms with Crippen LogP contribution in [0.25, 0.3) is 0 Å². The molecule has 1 atom stereocenters. The molecule has 4 aromatic rings. The molecule has 1 unspecified atom stereocenters. The molecule has 2 aromatic heterocycles. The summed E-state index contributed by atoms with van der Waals surface area (Å²) in [5, 5.41) is 12.6. The fraction of sp³-hybridized carbons (Fsp3) is 0.292. The Morgan fingerprint density at radius 1 is 1.00 bits per heavy atom. The summed E-state index contributed by atoms with van der Waals surface area (Å²) < 4.78 is 26.9. The van der Waals surface area contributed by atoms with Crippen molar-refractivity contribution in [1.82, 2.24) is 25.1 Å². The minimum absolute atomic E-state index is 0. The predicted molar refractivity (Wildman–Crippen MR) is 128 cm³/mol. The van der Waals surface area contributed by atoms with Crippen molar-refractivity contribution in [3.8, 4) is 5.75 Å². The SMILES string of the molecule is COc1ccc(C(c2nnnn2Cc2ccco2)N2CCN(c3ccccc3F)CC2)cc1.Cl. The highest BCUT2D eigenvalue weighted by Gasteiger charge is 2.31. The van der Waals surface area contributed by atoms with E-state index in [4.69, 9.17) is 9.15 Å². The minimum atomic E-state index is -0.194. The summed E-state index contributed by atoms with van der Waals surface area (Å²) in [6.45, 7) is 3.31. The van der Waals surface area contributed by atoms with Gasteiger partial charge in [-0.15, -0.1) is 17.5 Å². The van der Waals surface area contributed by atoms with Gasteiger partial charge in [0.25, 0.3) is 0 Å². The Bertz CT molecular complexity index is 1180. The Balaban J connectivity index is 0.00000274. The lowest BCUT2D eigenvalue weighted by atomic mass is 10.0. The van der Waals surface area contributed by atoms with E-state index in [0.29, 0.717) is 25.3 Å². The van der Waals surface area contributed by atoms with Gasteiger partial charge in [0.2, 0.25) is 0 Å². The topological polar surface area (TPSA) is 72.4 Å². The van der Waals surface area contributed by atoms with Gasteiger partial charge in [-0.05, 0) is 52.4 Å². The fourth-order valence-corrected chi connectivity index (χ4v) is 4.31. The van der Waals surface area contributed by atoms with E-state index in [1.54, 1.807) is 24.1 Å². The van der Waals surface area contributed by atoms with Crippen molar-refractivity contribution < 1.29 is 13.5 Å². The van der Waals surface area contributed by atoms with Crippen LogP contribution in [0.15, 0.2) is 71.3 Å². The average molecular weight is 485 g/mol. The number of tetrazole rings is 1. The zero-order chi connectivity index (χ0) is 22.6. The standard InChI is InChI=1S/C24H25FN6O2.ClH/c1-32-19-10-8-18(9-11-19)23(24-26-27-28-31(24)17-20-5-4-16-33-20)30-14-12-29(13-15-30)22-7-3-2-6-21(22)25;/h2-11,16,23H,12-15,17H2,1H3;1H. The van der Waals surface area contributed by atoms with E-state index in [9.17, 15) is 4.39 Å². The number of ether oxygens (including phenoxy) is 1. The highest BCUT2D eigenvalue weighted by molar-refractivity contribution is 5.85. The van der Waals surface area contributed by atoms with Gasteiger partial charge in [0.1, 0.15) is 23.9 Å². The molecule has 10 heteroatoms. The number of hydrogen-bond donors (Lipinski definition) is 0. The van der Waals surface area contributed by atoms with Crippen molar-refractivity contribution in [2.45, 2.75) is 12.6 Å². The normalized spacial score (nSPS) is 15.1. The Morgan fingerprint density at radius 3 is 2.44 bits per heavy atom. The quantitative estimate of drug-likeness (QED) is 0.395. The summed E-state index contributed by atoms with van der Waals surface area (Å²) in [6.07, 6.45) is 1.64. The van der Waals surface area contributed by atoms with Gasteiger partial charge in [0, 0.05) is 26.2 Å². The van der Waals surface area contributed by atoms with Gasteiger partial charge < -0.3 is 14.1 Å². The monoisotopic (exact) mass is 484 g/mol. The molecule has 0 radical (unpaired) electrons. The highest BCUT2D eigenvalue weighted by Crippen LogP contribution is 2.31. The van der Waals surface area contributed by atoms with Crippen LogP contribution in [0.2, 0.25) is 0 Å². The first kappa shape index (κ1) is 23.7. The molecule has 5 rings (SSSR count). The van der Waals surface area contributed by atoms with E-state index in [1.807, 2.05) is 48.5 Å². The zero-order valence-corrected chi connectivity index (χ0v) is 19.6. The van der Waals surface area contributed by atoms with Crippen LogP contribution in [0.1, 0.15) is 23.2 Å². The second-order valence-electron chi connectivity index (χ2n) is 7.92. The van der Waals surface area contributed by atoms with Gasteiger partial charge in [0.05, 0.1) is 25.1 Å². The summed E-state index contributed by atoms with van der Waals surface area (Å²) in [4.78, 5) is 4.42. The third kappa shape index (κ3) is 4.90. The second-order valence-corrected chi connectivity index (χ2v) is 7.92. The smallest absolute Gasteiger partial charge is 0.173 e. The van der Waals surface area contributed by atoms with Crippen LogP contribution >= 0.6 is 12.4 Å². The van der Waals surface area contributed by atoms with Gasteiger partial charge in [-0.25, -0.2) is 9.07 Å². The maximum atomic E-state index is 14.3. The number of piperazine rings is 1. The summed E-state index contributed by atoms with van der Waals surface area (Å²) in [7, 11) is 1.65. The van der Waals surface area contributed by atoms with Crippen LogP contribution in [0.3, 0.4) is 0 Å². The van der Waals surface area contributed by atoms with Crippen molar-refractivity contribution >= 4 is 18.1 Å². The first-order chi connectivity index (χ1) is 16.2. The Morgan fingerprint density at radius 2 is 1.76 bits per heavy atom. The highest BCUT2D eigenvalue weighted by atomic mass is 35.5. The van der Waals surface area contributed by atoms with Crippen molar-refractivity contribution in [2.75, 3.05) is 38.2 Å². The molecule has 0 amide bonds. The van der Waals surface area contributed by atoms with E-state index in [1.165, 1.54) is 6.07 Å². The number of methoxy groups -OCH3 is 1. The van der Waals surface area contributed by atoms with Crippen molar-refractivity contribution in [3.05, 3.63) is 89.9 Å². The van der Waals surface area contributed by atoms with E-state index in [0.717, 1.165) is 36.0 Å². The molecule has 0 bridgehead atoms. The van der Waals surface area contributed by atoms with Crippen LogP contribution in [0.4, 0.5) is 10.1 Å². The van der Waals surface area contributed by atoms with Crippen LogP contribution in [-0.4, -0.2) is 58.4 Å². The zero-order valence-electron chi connectivity index (χ0n) is 18.7. The van der Waals surface area contributed by atoms with Gasteiger partial charge in [0.15, 0.2) is 5.82 Å². The molecule has 1 fully saturated rings. The van der Waals surface area contributed by atoms with Gasteiger partial charge in [-0.3, -0.25) is 4.90 Å². The van der Waals surface area contributed by atoms with E-state index in [2.05, 4.69) is 25.3 Å². The molecule has 0 spiro atoms. The summed E-state index contributed by atoms with van der Waals surface area (Å²) in [5.74, 6) is 2.11. The van der Waals surface area contributed by atoms with Gasteiger partial charge in [-0.2, -0.15) is 0 Å². The number of rotatable bonds is 7. The third-order valence-electron chi connectivity index (χ3n) is 5.99. The summed E-state index contributed by atoms with van der Waals surface area (Å²) >= 11 is 0. The first-order valence-electron chi connectivity index (χ1n) is 10.9. The maximum absolute atomic E-state index is 14.3. The number of nitrogens with zero attached hydrogens (tertiary/aromatic N) is 6. The number of furan rings is 1. The van der Waals surface area contributed by atoms with E-state index < -0.39 is 0 Å². The second kappa shape index (κ2) is 10.7. The molecule has 1 aliphatic rings. The van der Waals surface area contributed by atoms with E-state index >= 15 is 0 Å². The molecule has 0 N–H and O–H groups in total. The molecule has 1 saturated heterocycles. The number of halogens is 2. The lowest BCUT2D eigenvalue weighted by Gasteiger charge is -2.40. The Labute approximate surface area is 203 Å². The molecule has 2 aromatic carbocycles. The van der Waals surface area contributed by atoms with Gasteiger partial charge >= 0.3 is 0 Å². The van der Waals surface area contributed by atoms with Crippen LogP contribution in [-0.2, 0) is 6.54 Å². The van der Waals surface area contributed by atoms with Crippen LogP contribution in [0.5, 0.6) is 5.75 Å². The largest absolute Gasteiger partial charge is 0.497 e. The maximum Gasteiger partial charge on any atom is 0.173 e. The van der Waals surface area contributed by atoms with Crippen LogP contribution < -0.4 is 9.64 Å². The molecule has 178 valence electrons. The first-order valence-corrected chi connectivity index (χ1v) is 10.9. The molecular weight excluding hydrogens is 459 g/mol. The molecule has 0 aliphatic carbocycles. The number of benzene rings is 2. The molecule has 1 aliphatic heterocycles. The number of anilines is 1. The number of hydrogen-bond acceptors (Lipinski definition) is 7. The van der Waals surface area contributed by atoms with Crippen molar-refractivity contribution in [1.29, 1.82) is 0 Å². The molecule has 0 saturated carbocycles. The molecule has 3 heterocycles. The van der Waals surface area contributed by atoms with Crippen molar-refractivity contribution in [2.24, 2.45) is 0 Å². The van der Waals surface area contributed by atoms with Crippen molar-refractivity contribution in [3.63, 3.8) is 0 Å².